The maximum Gasteiger partial charge on any atom is 0.415 e. The highest BCUT2D eigenvalue weighted by molar-refractivity contribution is 5.80. The molecule has 0 aromatic heterocycles. The molecule has 2 aliphatic heterocycles. The van der Waals surface area contributed by atoms with Crippen LogP contribution >= 0.6 is 0 Å². The molecule has 2 saturated heterocycles. The zero-order valence-corrected chi connectivity index (χ0v) is 7.39. The van der Waals surface area contributed by atoms with Gasteiger partial charge in [0.15, 0.2) is 11.7 Å². The molecule has 0 amide bonds. The van der Waals surface area contributed by atoms with Crippen molar-refractivity contribution in [3.8, 4) is 0 Å². The largest absolute Gasteiger partial charge is 0.479 e. The van der Waals surface area contributed by atoms with Crippen LogP contribution in [0.25, 0.3) is 0 Å². The Morgan fingerprint density at radius 2 is 2.00 bits per heavy atom. The monoisotopic (exact) mass is 210 g/mol. The van der Waals surface area contributed by atoms with E-state index in [2.05, 4.69) is 4.74 Å². The first-order chi connectivity index (χ1) is 6.20. The third-order valence-corrected chi connectivity index (χ3v) is 3.04. The fourth-order valence-corrected chi connectivity index (χ4v) is 2.55. The smallest absolute Gasteiger partial charge is 0.415 e. The molecule has 0 aromatic carbocycles. The first kappa shape index (κ1) is 9.76. The van der Waals surface area contributed by atoms with Crippen LogP contribution in [0.1, 0.15) is 19.8 Å². The van der Waals surface area contributed by atoms with Crippen LogP contribution in [0.4, 0.5) is 13.2 Å². The maximum atomic E-state index is 12.4. The average Bonchev–Trinajstić information content (AvgIpc) is 2.35. The number of rotatable bonds is 1. The van der Waals surface area contributed by atoms with E-state index in [1.807, 2.05) is 0 Å². The Morgan fingerprint density at radius 1 is 1.50 bits per heavy atom. The van der Waals surface area contributed by atoms with Crippen LogP contribution in [0.3, 0.4) is 0 Å². The molecule has 2 heterocycles. The number of hydrogen-bond donors (Lipinski definition) is 1. The van der Waals surface area contributed by atoms with Crippen LogP contribution in [-0.2, 0) is 9.53 Å². The molecule has 0 radical (unpaired) electrons. The van der Waals surface area contributed by atoms with Gasteiger partial charge in [-0.3, -0.25) is 0 Å². The van der Waals surface area contributed by atoms with Gasteiger partial charge in [0.1, 0.15) is 0 Å². The Kier molecular flexibility index (Phi) is 1.56. The summed E-state index contributed by atoms with van der Waals surface area (Å²) in [5.41, 5.74) is -2.62. The lowest BCUT2D eigenvalue weighted by atomic mass is 9.61. The minimum atomic E-state index is -4.47. The summed E-state index contributed by atoms with van der Waals surface area (Å²) in [5, 5.41) is 8.72. The molecule has 0 spiro atoms. The van der Waals surface area contributed by atoms with Gasteiger partial charge in [-0.2, -0.15) is 13.2 Å². The van der Waals surface area contributed by atoms with E-state index in [1.54, 1.807) is 0 Å². The number of ether oxygens (including phenoxy) is 1. The highest BCUT2D eigenvalue weighted by Crippen LogP contribution is 2.64. The summed E-state index contributed by atoms with van der Waals surface area (Å²) in [6.07, 6.45) is -6.48. The van der Waals surface area contributed by atoms with Gasteiger partial charge < -0.3 is 9.84 Å². The van der Waals surface area contributed by atoms with Gasteiger partial charge in [-0.1, -0.05) is 6.92 Å². The van der Waals surface area contributed by atoms with Crippen molar-refractivity contribution < 1.29 is 27.8 Å². The van der Waals surface area contributed by atoms with Gasteiger partial charge in [0.25, 0.3) is 0 Å². The highest BCUT2D eigenvalue weighted by atomic mass is 19.4. The Morgan fingerprint density at radius 3 is 2.21 bits per heavy atom. The summed E-state index contributed by atoms with van der Waals surface area (Å²) in [6.45, 7) is 1.42. The zero-order chi connectivity index (χ0) is 10.8. The van der Waals surface area contributed by atoms with E-state index in [9.17, 15) is 18.0 Å². The Bertz CT molecular complexity index is 291. The van der Waals surface area contributed by atoms with Crippen molar-refractivity contribution in [2.24, 2.45) is 5.41 Å². The summed E-state index contributed by atoms with van der Waals surface area (Å²) in [7, 11) is 0. The molecule has 6 heteroatoms. The molecular formula is C8H9F3O3. The Hall–Kier alpha value is -0.780. The molecule has 3 rings (SSSR count). The lowest BCUT2D eigenvalue weighted by Crippen LogP contribution is -2.50. The summed E-state index contributed by atoms with van der Waals surface area (Å²) in [4.78, 5) is 10.7. The molecule has 1 unspecified atom stereocenters. The fourth-order valence-electron chi connectivity index (χ4n) is 2.55. The number of carboxylic acid groups (broad SMARTS) is 1. The minimum absolute atomic E-state index is 0.0422. The SMILES string of the molecule is CC12CC(C(=O)O)(C1)OC2C(F)(F)F. The first-order valence-electron chi connectivity index (χ1n) is 4.18. The topological polar surface area (TPSA) is 46.5 Å². The molecule has 1 aliphatic carbocycles. The van der Waals surface area contributed by atoms with Crippen molar-refractivity contribution in [2.75, 3.05) is 0 Å². The fraction of sp³-hybridized carbons (Fsp3) is 0.875. The van der Waals surface area contributed by atoms with E-state index in [1.165, 1.54) is 6.92 Å². The number of fused-ring (bicyclic) bond motifs is 1. The predicted octanol–water partition coefficient (Wildman–Crippen LogP) is 1.57. The van der Waals surface area contributed by atoms with E-state index < -0.39 is 29.3 Å². The van der Waals surface area contributed by atoms with Gasteiger partial charge >= 0.3 is 12.1 Å². The third-order valence-electron chi connectivity index (χ3n) is 3.04. The molecular weight excluding hydrogens is 201 g/mol. The summed E-state index contributed by atoms with van der Waals surface area (Å²) in [5.74, 6) is -1.29. The van der Waals surface area contributed by atoms with Gasteiger partial charge in [-0.05, 0) is 12.8 Å². The van der Waals surface area contributed by atoms with E-state index in [0.29, 0.717) is 0 Å². The number of carboxylic acids is 1. The highest BCUT2D eigenvalue weighted by Gasteiger charge is 2.75. The second-order valence-electron chi connectivity index (χ2n) is 4.35. The van der Waals surface area contributed by atoms with E-state index in [0.717, 1.165) is 0 Å². The number of alkyl halides is 3. The molecule has 3 nitrogen and oxygen atoms in total. The third kappa shape index (κ3) is 1.00. The Labute approximate surface area is 77.8 Å². The van der Waals surface area contributed by atoms with E-state index >= 15 is 0 Å². The van der Waals surface area contributed by atoms with Gasteiger partial charge in [0, 0.05) is 5.41 Å². The number of aliphatic carboxylic acids is 1. The van der Waals surface area contributed by atoms with Crippen molar-refractivity contribution in [3.63, 3.8) is 0 Å². The van der Waals surface area contributed by atoms with Crippen LogP contribution in [-0.4, -0.2) is 29.0 Å². The second kappa shape index (κ2) is 2.24. The predicted molar refractivity (Wildman–Crippen MR) is 38.6 cm³/mol. The van der Waals surface area contributed by atoms with Crippen LogP contribution < -0.4 is 0 Å². The summed E-state index contributed by atoms with van der Waals surface area (Å²) < 4.78 is 41.8. The van der Waals surface area contributed by atoms with Crippen LogP contribution in [0.2, 0.25) is 0 Å². The van der Waals surface area contributed by atoms with Crippen molar-refractivity contribution >= 4 is 5.97 Å². The number of carbonyl (C=O) groups is 1. The minimum Gasteiger partial charge on any atom is -0.479 e. The lowest BCUT2D eigenvalue weighted by Gasteiger charge is -2.39. The van der Waals surface area contributed by atoms with E-state index in [-0.39, 0.29) is 12.8 Å². The van der Waals surface area contributed by atoms with Crippen molar-refractivity contribution in [1.82, 2.24) is 0 Å². The first-order valence-corrected chi connectivity index (χ1v) is 4.18. The van der Waals surface area contributed by atoms with Gasteiger partial charge in [-0.25, -0.2) is 4.79 Å². The standard InChI is InChI=1S/C8H9F3O3/c1-6-2-7(3-6,5(12)13)14-4(6)8(9,10)11/h4H,2-3H2,1H3,(H,12,13). The molecule has 3 fully saturated rings. The van der Waals surface area contributed by atoms with Crippen molar-refractivity contribution in [3.05, 3.63) is 0 Å². The van der Waals surface area contributed by atoms with Gasteiger partial charge in [0.05, 0.1) is 0 Å². The molecule has 1 atom stereocenters. The molecule has 14 heavy (non-hydrogen) atoms. The van der Waals surface area contributed by atoms with Crippen molar-refractivity contribution in [2.45, 2.75) is 37.6 Å². The van der Waals surface area contributed by atoms with Crippen molar-refractivity contribution in [1.29, 1.82) is 0 Å². The van der Waals surface area contributed by atoms with Crippen LogP contribution in [0.5, 0.6) is 0 Å². The Balaban J connectivity index is 2.25. The maximum absolute atomic E-state index is 12.4. The zero-order valence-electron chi connectivity index (χ0n) is 7.39. The second-order valence-corrected chi connectivity index (χ2v) is 4.35. The molecule has 3 aliphatic rings. The molecule has 80 valence electrons. The molecule has 1 N–H and O–H groups in total. The summed E-state index contributed by atoms with van der Waals surface area (Å²) >= 11 is 0. The quantitative estimate of drug-likeness (QED) is 0.714. The number of hydrogen-bond acceptors (Lipinski definition) is 2. The van der Waals surface area contributed by atoms with E-state index in [4.69, 9.17) is 5.11 Å². The van der Waals surface area contributed by atoms with Crippen LogP contribution in [0, 0.1) is 5.41 Å². The molecule has 2 bridgehead atoms. The summed E-state index contributed by atoms with van der Waals surface area (Å²) in [6, 6.07) is 0. The lowest BCUT2D eigenvalue weighted by molar-refractivity contribution is -0.224. The average molecular weight is 210 g/mol. The van der Waals surface area contributed by atoms with Gasteiger partial charge in [-0.15, -0.1) is 0 Å². The normalized spacial score (nSPS) is 46.1. The molecule has 0 aromatic rings. The number of halogens is 3. The molecule has 1 saturated carbocycles. The van der Waals surface area contributed by atoms with Crippen LogP contribution in [0.15, 0.2) is 0 Å². The van der Waals surface area contributed by atoms with Gasteiger partial charge in [0.2, 0.25) is 0 Å².